The lowest BCUT2D eigenvalue weighted by molar-refractivity contribution is -0.274. The number of benzene rings is 3. The third-order valence-electron chi connectivity index (χ3n) is 5.40. The van der Waals surface area contributed by atoms with E-state index < -0.39 is 30.2 Å². The molecule has 3 aromatic carbocycles. The fraction of sp³-hybridized carbons (Fsp3) is 0.192. The van der Waals surface area contributed by atoms with Crippen LogP contribution in [0.2, 0.25) is 0 Å². The van der Waals surface area contributed by atoms with Crippen molar-refractivity contribution in [3.05, 3.63) is 95.8 Å². The van der Waals surface area contributed by atoms with Crippen molar-refractivity contribution in [2.45, 2.75) is 32.0 Å². The van der Waals surface area contributed by atoms with Crippen molar-refractivity contribution in [2.75, 3.05) is 0 Å². The molecule has 38 heavy (non-hydrogen) atoms. The van der Waals surface area contributed by atoms with Gasteiger partial charge in [-0.25, -0.2) is 9.67 Å². The molecule has 1 aromatic heterocycles. The minimum atomic E-state index is -4.78. The molecule has 12 heteroatoms. The maximum Gasteiger partial charge on any atom is 0.573 e. The molecular formula is C26H19F6N3O3. The van der Waals surface area contributed by atoms with Crippen molar-refractivity contribution in [1.29, 1.82) is 0 Å². The van der Waals surface area contributed by atoms with Crippen LogP contribution >= 0.6 is 0 Å². The van der Waals surface area contributed by atoms with Crippen molar-refractivity contribution >= 4 is 5.97 Å². The molecule has 0 bridgehead atoms. The Bertz CT molecular complexity index is 1380. The smallest absolute Gasteiger partial charge is 0.458 e. The fourth-order valence-corrected chi connectivity index (χ4v) is 3.51. The quantitative estimate of drug-likeness (QED) is 0.195. The number of carbonyl (C=O) groups is 1. The van der Waals surface area contributed by atoms with E-state index in [9.17, 15) is 31.1 Å². The molecule has 0 radical (unpaired) electrons. The van der Waals surface area contributed by atoms with Crippen LogP contribution in [-0.4, -0.2) is 27.1 Å². The molecule has 0 saturated carbocycles. The Kier molecular flexibility index (Phi) is 7.42. The second-order valence-electron chi connectivity index (χ2n) is 8.18. The normalized spacial score (nSPS) is 12.7. The van der Waals surface area contributed by atoms with E-state index in [2.05, 4.69) is 14.8 Å². The Labute approximate surface area is 212 Å². The van der Waals surface area contributed by atoms with Crippen LogP contribution in [0.1, 0.15) is 29.7 Å². The number of hydrogen-bond acceptors (Lipinski definition) is 5. The lowest BCUT2D eigenvalue weighted by Crippen LogP contribution is -2.17. The van der Waals surface area contributed by atoms with Gasteiger partial charge in [0.05, 0.1) is 17.7 Å². The van der Waals surface area contributed by atoms with Gasteiger partial charge in [-0.1, -0.05) is 36.4 Å². The molecule has 1 unspecified atom stereocenters. The van der Waals surface area contributed by atoms with E-state index in [1.54, 1.807) is 31.2 Å². The van der Waals surface area contributed by atoms with Crippen LogP contribution in [0.25, 0.3) is 17.1 Å². The van der Waals surface area contributed by atoms with Crippen LogP contribution in [0.4, 0.5) is 26.3 Å². The molecule has 1 heterocycles. The first-order valence-corrected chi connectivity index (χ1v) is 11.1. The molecule has 0 spiro atoms. The molecule has 4 rings (SSSR count). The van der Waals surface area contributed by atoms with Crippen molar-refractivity contribution in [2.24, 2.45) is 0 Å². The van der Waals surface area contributed by atoms with Crippen molar-refractivity contribution in [3.63, 3.8) is 0 Å². The molecule has 0 aliphatic rings. The summed E-state index contributed by atoms with van der Waals surface area (Å²) in [4.78, 5) is 16.5. The van der Waals surface area contributed by atoms with Crippen LogP contribution in [0.3, 0.4) is 0 Å². The Morgan fingerprint density at radius 1 is 0.895 bits per heavy atom. The van der Waals surface area contributed by atoms with Gasteiger partial charge in [-0.05, 0) is 54.4 Å². The molecule has 6 nitrogen and oxygen atoms in total. The summed E-state index contributed by atoms with van der Waals surface area (Å²) >= 11 is 0. The van der Waals surface area contributed by atoms with E-state index in [4.69, 9.17) is 4.74 Å². The highest BCUT2D eigenvalue weighted by Crippen LogP contribution is 2.30. The first-order chi connectivity index (χ1) is 17.9. The van der Waals surface area contributed by atoms with Gasteiger partial charge in [0, 0.05) is 5.56 Å². The van der Waals surface area contributed by atoms with E-state index in [-0.39, 0.29) is 12.2 Å². The third kappa shape index (κ3) is 6.90. The zero-order valence-electron chi connectivity index (χ0n) is 19.6. The summed E-state index contributed by atoms with van der Waals surface area (Å²) in [5, 5.41) is 4.32. The summed E-state index contributed by atoms with van der Waals surface area (Å²) in [7, 11) is 0. The monoisotopic (exact) mass is 535 g/mol. The fourth-order valence-electron chi connectivity index (χ4n) is 3.51. The summed E-state index contributed by atoms with van der Waals surface area (Å²) in [6.07, 6.45) is -8.61. The summed E-state index contributed by atoms with van der Waals surface area (Å²) in [6, 6.07) is 16.3. The first-order valence-electron chi connectivity index (χ1n) is 11.1. The second kappa shape index (κ2) is 10.6. The zero-order valence-corrected chi connectivity index (χ0v) is 19.6. The number of carbonyl (C=O) groups excluding carboxylic acids is 1. The molecule has 198 valence electrons. The lowest BCUT2D eigenvalue weighted by Gasteiger charge is -2.15. The topological polar surface area (TPSA) is 66.2 Å². The Balaban J connectivity index is 1.35. The van der Waals surface area contributed by atoms with Crippen molar-refractivity contribution in [3.8, 4) is 22.8 Å². The molecule has 0 aliphatic heterocycles. The molecule has 0 N–H and O–H groups in total. The van der Waals surface area contributed by atoms with Crippen LogP contribution in [-0.2, 0) is 22.1 Å². The number of hydrogen-bond donors (Lipinski definition) is 0. The molecule has 0 saturated heterocycles. The number of alkyl halides is 6. The molecule has 0 amide bonds. The largest absolute Gasteiger partial charge is 0.573 e. The van der Waals surface area contributed by atoms with Crippen LogP contribution in [0.5, 0.6) is 5.75 Å². The average molecular weight is 535 g/mol. The first kappa shape index (κ1) is 26.7. The lowest BCUT2D eigenvalue weighted by atomic mass is 10.1. The number of rotatable bonds is 7. The van der Waals surface area contributed by atoms with E-state index in [1.807, 2.05) is 0 Å². The summed E-state index contributed by atoms with van der Waals surface area (Å²) in [6.45, 7) is 1.57. The Morgan fingerprint density at radius 2 is 1.53 bits per heavy atom. The molecule has 0 fully saturated rings. The highest BCUT2D eigenvalue weighted by molar-refractivity contribution is 5.73. The standard InChI is InChI=1S/C26H19F6N3O3/c1-16(18-6-8-20(9-7-18)25(27,28)29)37-23(36)14-17-2-4-19(5-3-17)24-33-15-35(34-24)21-10-12-22(13-11-21)38-26(30,31)32/h2-13,15-16H,14H2,1H3. The minimum Gasteiger partial charge on any atom is -0.458 e. The van der Waals surface area contributed by atoms with Gasteiger partial charge in [0.1, 0.15) is 18.2 Å². The van der Waals surface area contributed by atoms with Gasteiger partial charge in [0.2, 0.25) is 0 Å². The predicted octanol–water partition coefficient (Wildman–Crippen LogP) is 6.70. The number of esters is 1. The summed E-state index contributed by atoms with van der Waals surface area (Å²) < 4.78 is 85.7. The number of aromatic nitrogens is 3. The van der Waals surface area contributed by atoms with Crippen LogP contribution in [0, 0.1) is 0 Å². The molecular weight excluding hydrogens is 516 g/mol. The number of nitrogens with zero attached hydrogens (tertiary/aromatic N) is 3. The Morgan fingerprint density at radius 3 is 2.11 bits per heavy atom. The molecule has 4 aromatic rings. The third-order valence-corrected chi connectivity index (χ3v) is 5.40. The van der Waals surface area contributed by atoms with E-state index >= 15 is 0 Å². The molecule has 1 atom stereocenters. The van der Waals surface area contributed by atoms with Crippen LogP contribution in [0.15, 0.2) is 79.1 Å². The van der Waals surface area contributed by atoms with Gasteiger partial charge in [-0.3, -0.25) is 4.79 Å². The predicted molar refractivity (Wildman–Crippen MR) is 123 cm³/mol. The summed E-state index contributed by atoms with van der Waals surface area (Å²) in [5.74, 6) is -0.555. The number of halogens is 6. The van der Waals surface area contributed by atoms with Crippen LogP contribution < -0.4 is 4.74 Å². The second-order valence-corrected chi connectivity index (χ2v) is 8.18. The SMILES string of the molecule is CC(OC(=O)Cc1ccc(-c2ncn(-c3ccc(OC(F)(F)F)cc3)n2)cc1)c1ccc(C(F)(F)F)cc1. The van der Waals surface area contributed by atoms with E-state index in [1.165, 1.54) is 35.3 Å². The maximum atomic E-state index is 12.7. The maximum absolute atomic E-state index is 12.7. The highest BCUT2D eigenvalue weighted by atomic mass is 19.4. The van der Waals surface area contributed by atoms with Gasteiger partial charge in [0.15, 0.2) is 5.82 Å². The van der Waals surface area contributed by atoms with Gasteiger partial charge >= 0.3 is 18.5 Å². The van der Waals surface area contributed by atoms with Crippen molar-refractivity contribution < 1.29 is 40.6 Å². The van der Waals surface area contributed by atoms with E-state index in [0.717, 1.165) is 24.3 Å². The van der Waals surface area contributed by atoms with Gasteiger partial charge in [-0.15, -0.1) is 18.3 Å². The number of ether oxygens (including phenoxy) is 2. The summed E-state index contributed by atoms with van der Waals surface area (Å²) in [5.41, 5.74) is 1.40. The average Bonchev–Trinajstić information content (AvgIpc) is 3.34. The van der Waals surface area contributed by atoms with Gasteiger partial charge in [-0.2, -0.15) is 13.2 Å². The Hall–Kier alpha value is -4.35. The van der Waals surface area contributed by atoms with E-state index in [0.29, 0.717) is 28.2 Å². The van der Waals surface area contributed by atoms with Crippen molar-refractivity contribution in [1.82, 2.24) is 14.8 Å². The highest BCUT2D eigenvalue weighted by Gasteiger charge is 2.31. The molecule has 0 aliphatic carbocycles. The minimum absolute atomic E-state index is 0.0561. The zero-order chi connectivity index (χ0) is 27.5. The van der Waals surface area contributed by atoms with Gasteiger partial charge in [0.25, 0.3) is 0 Å². The van der Waals surface area contributed by atoms with Gasteiger partial charge < -0.3 is 9.47 Å².